The number of H-pyrrole nitrogens is 1. The normalized spacial score (nSPS) is 11.5. The van der Waals surface area contributed by atoms with Crippen LogP contribution in [0.4, 0.5) is 18.9 Å². The minimum absolute atomic E-state index is 0.140. The van der Waals surface area contributed by atoms with E-state index in [0.717, 1.165) is 23.3 Å². The molecule has 2 aromatic carbocycles. The van der Waals surface area contributed by atoms with Gasteiger partial charge in [-0.3, -0.25) is 14.6 Å². The van der Waals surface area contributed by atoms with Gasteiger partial charge < -0.3 is 5.32 Å². The fourth-order valence-corrected chi connectivity index (χ4v) is 3.06. The molecule has 0 aliphatic carbocycles. The summed E-state index contributed by atoms with van der Waals surface area (Å²) in [7, 11) is 0. The number of anilines is 1. The molecule has 4 rings (SSSR count). The molecule has 2 heterocycles. The van der Waals surface area contributed by atoms with Gasteiger partial charge in [0.1, 0.15) is 5.69 Å². The van der Waals surface area contributed by atoms with Crippen molar-refractivity contribution in [3.05, 3.63) is 89.4 Å². The maximum absolute atomic E-state index is 12.9. The number of carbonyl (C=O) groups is 1. The van der Waals surface area contributed by atoms with Crippen LogP contribution < -0.4 is 5.32 Å². The number of alkyl halides is 3. The van der Waals surface area contributed by atoms with Gasteiger partial charge in [-0.15, -0.1) is 0 Å². The minimum atomic E-state index is -4.40. The molecule has 0 spiro atoms. The molecule has 2 N–H and O–H groups in total. The van der Waals surface area contributed by atoms with E-state index < -0.39 is 17.6 Å². The van der Waals surface area contributed by atoms with Crippen LogP contribution in [-0.2, 0) is 12.7 Å². The smallest absolute Gasteiger partial charge is 0.318 e. The summed E-state index contributed by atoms with van der Waals surface area (Å²) in [6.07, 6.45) is -1.42. The maximum Gasteiger partial charge on any atom is 0.416 e. The van der Waals surface area contributed by atoms with Crippen LogP contribution in [0.15, 0.2) is 67.0 Å². The first-order valence-corrected chi connectivity index (χ1v) is 9.40. The molecule has 0 fully saturated rings. The monoisotopic (exact) mass is 425 g/mol. The summed E-state index contributed by atoms with van der Waals surface area (Å²) in [5, 5.41) is 13.7. The highest BCUT2D eigenvalue weighted by Gasteiger charge is 2.30. The Hall–Kier alpha value is -3.88. The summed E-state index contributed by atoms with van der Waals surface area (Å²) < 4.78 is 40.0. The van der Waals surface area contributed by atoms with E-state index in [1.165, 1.54) is 16.9 Å². The van der Waals surface area contributed by atoms with Gasteiger partial charge >= 0.3 is 6.18 Å². The molecule has 1 amide bonds. The average molecular weight is 425 g/mol. The van der Waals surface area contributed by atoms with Gasteiger partial charge in [0, 0.05) is 11.8 Å². The number of benzene rings is 2. The van der Waals surface area contributed by atoms with Crippen molar-refractivity contribution in [1.29, 1.82) is 0 Å². The van der Waals surface area contributed by atoms with Gasteiger partial charge in [0.05, 0.1) is 29.7 Å². The molecule has 9 heteroatoms. The Morgan fingerprint density at radius 3 is 2.65 bits per heavy atom. The molecular weight excluding hydrogens is 407 g/mol. The first-order valence-electron chi connectivity index (χ1n) is 9.40. The number of nitrogens with one attached hydrogen (secondary N) is 2. The van der Waals surface area contributed by atoms with Crippen molar-refractivity contribution in [2.24, 2.45) is 0 Å². The molecular formula is C22H18F3N5O. The summed E-state index contributed by atoms with van der Waals surface area (Å²) in [5.74, 6) is -0.399. The maximum atomic E-state index is 12.9. The zero-order chi connectivity index (χ0) is 22.0. The minimum Gasteiger partial charge on any atom is -0.318 e. The van der Waals surface area contributed by atoms with E-state index >= 15 is 0 Å². The second-order valence-corrected chi connectivity index (χ2v) is 7.11. The predicted octanol–water partition coefficient (Wildman–Crippen LogP) is 4.90. The number of aromatic nitrogens is 4. The molecule has 0 saturated heterocycles. The van der Waals surface area contributed by atoms with Crippen molar-refractivity contribution < 1.29 is 18.0 Å². The highest BCUT2D eigenvalue weighted by atomic mass is 19.4. The van der Waals surface area contributed by atoms with Crippen molar-refractivity contribution in [3.8, 4) is 11.3 Å². The standard InChI is InChI=1S/C22H18F3N5O/c1-14-5-7-16(8-6-14)19-10-20(29-28-19)21(31)27-18-11-26-30(13-18)12-15-3-2-4-17(9-15)22(23,24)25/h2-11,13H,12H2,1H3,(H,27,31)(H,28,29). The van der Waals surface area contributed by atoms with E-state index in [4.69, 9.17) is 0 Å². The lowest BCUT2D eigenvalue weighted by atomic mass is 10.1. The highest BCUT2D eigenvalue weighted by Crippen LogP contribution is 2.29. The number of carbonyl (C=O) groups excluding carboxylic acids is 1. The van der Waals surface area contributed by atoms with Crippen LogP contribution in [0.1, 0.15) is 27.2 Å². The Kier molecular flexibility index (Phi) is 5.33. The van der Waals surface area contributed by atoms with Crippen molar-refractivity contribution >= 4 is 11.6 Å². The Morgan fingerprint density at radius 2 is 1.90 bits per heavy atom. The van der Waals surface area contributed by atoms with Crippen molar-refractivity contribution in [2.45, 2.75) is 19.6 Å². The fourth-order valence-electron chi connectivity index (χ4n) is 3.06. The fraction of sp³-hybridized carbons (Fsp3) is 0.136. The molecule has 0 atom stereocenters. The summed E-state index contributed by atoms with van der Waals surface area (Å²) >= 11 is 0. The van der Waals surface area contributed by atoms with Crippen molar-refractivity contribution in [3.63, 3.8) is 0 Å². The molecule has 0 radical (unpaired) electrons. The van der Waals surface area contributed by atoms with E-state index in [9.17, 15) is 18.0 Å². The summed E-state index contributed by atoms with van der Waals surface area (Å²) in [4.78, 5) is 12.5. The third-order valence-corrected chi connectivity index (χ3v) is 4.66. The number of hydrogen-bond donors (Lipinski definition) is 2. The van der Waals surface area contributed by atoms with Crippen LogP contribution in [0.3, 0.4) is 0 Å². The van der Waals surface area contributed by atoms with Crippen LogP contribution in [0.2, 0.25) is 0 Å². The lowest BCUT2D eigenvalue weighted by Crippen LogP contribution is -2.12. The van der Waals surface area contributed by atoms with E-state index in [2.05, 4.69) is 20.6 Å². The number of hydrogen-bond acceptors (Lipinski definition) is 3. The molecule has 31 heavy (non-hydrogen) atoms. The number of rotatable bonds is 5. The van der Waals surface area contributed by atoms with E-state index in [1.54, 1.807) is 18.3 Å². The number of aromatic amines is 1. The molecule has 0 bridgehead atoms. The van der Waals surface area contributed by atoms with Gasteiger partial charge in [0.25, 0.3) is 5.91 Å². The van der Waals surface area contributed by atoms with Gasteiger partial charge in [-0.05, 0) is 30.7 Å². The second kappa shape index (κ2) is 8.10. The molecule has 0 saturated carbocycles. The van der Waals surface area contributed by atoms with E-state index in [-0.39, 0.29) is 12.2 Å². The second-order valence-electron chi connectivity index (χ2n) is 7.11. The molecule has 158 valence electrons. The van der Waals surface area contributed by atoms with Crippen molar-refractivity contribution in [1.82, 2.24) is 20.0 Å². The molecule has 0 unspecified atom stereocenters. The number of amides is 1. The van der Waals surface area contributed by atoms with Gasteiger partial charge in [0.15, 0.2) is 0 Å². The predicted molar refractivity (Wildman–Crippen MR) is 109 cm³/mol. The Morgan fingerprint density at radius 1 is 1.13 bits per heavy atom. The number of halogens is 3. The lowest BCUT2D eigenvalue weighted by molar-refractivity contribution is -0.137. The number of nitrogens with zero attached hydrogens (tertiary/aromatic N) is 3. The van der Waals surface area contributed by atoms with Gasteiger partial charge in [-0.25, -0.2) is 0 Å². The zero-order valence-electron chi connectivity index (χ0n) is 16.4. The van der Waals surface area contributed by atoms with Gasteiger partial charge in [-0.1, -0.05) is 42.0 Å². The van der Waals surface area contributed by atoms with Gasteiger partial charge in [-0.2, -0.15) is 23.4 Å². The number of aryl methyl sites for hydroxylation is 1. The Labute approximate surface area is 175 Å². The first-order chi connectivity index (χ1) is 14.8. The Balaban J connectivity index is 1.42. The first kappa shape index (κ1) is 20.4. The molecule has 2 aromatic heterocycles. The van der Waals surface area contributed by atoms with E-state index in [0.29, 0.717) is 16.9 Å². The van der Waals surface area contributed by atoms with Crippen LogP contribution in [0.25, 0.3) is 11.3 Å². The van der Waals surface area contributed by atoms with Crippen LogP contribution >= 0.6 is 0 Å². The van der Waals surface area contributed by atoms with E-state index in [1.807, 2.05) is 31.2 Å². The molecule has 0 aliphatic rings. The quantitative estimate of drug-likeness (QED) is 0.478. The van der Waals surface area contributed by atoms with Crippen LogP contribution in [0.5, 0.6) is 0 Å². The SMILES string of the molecule is Cc1ccc(-c2cc(C(=O)Nc3cnn(Cc4cccc(C(F)(F)F)c4)c3)[nH]n2)cc1. The van der Waals surface area contributed by atoms with Crippen molar-refractivity contribution in [2.75, 3.05) is 5.32 Å². The molecule has 4 aromatic rings. The Bertz CT molecular complexity index is 1210. The molecule has 6 nitrogen and oxygen atoms in total. The molecule has 0 aliphatic heterocycles. The third-order valence-electron chi connectivity index (χ3n) is 4.66. The average Bonchev–Trinajstić information content (AvgIpc) is 3.38. The lowest BCUT2D eigenvalue weighted by Gasteiger charge is -2.08. The van der Waals surface area contributed by atoms with Crippen LogP contribution in [0, 0.1) is 6.92 Å². The summed E-state index contributed by atoms with van der Waals surface area (Å²) in [6, 6.07) is 14.5. The topological polar surface area (TPSA) is 75.6 Å². The third kappa shape index (κ3) is 4.82. The summed E-state index contributed by atoms with van der Waals surface area (Å²) in [5.41, 5.74) is 3.09. The van der Waals surface area contributed by atoms with Crippen LogP contribution in [-0.4, -0.2) is 25.9 Å². The largest absolute Gasteiger partial charge is 0.416 e. The summed E-state index contributed by atoms with van der Waals surface area (Å²) in [6.45, 7) is 2.13. The zero-order valence-corrected chi connectivity index (χ0v) is 16.4. The highest BCUT2D eigenvalue weighted by molar-refractivity contribution is 6.03. The van der Waals surface area contributed by atoms with Gasteiger partial charge in [0.2, 0.25) is 0 Å².